The number of anilines is 1. The van der Waals surface area contributed by atoms with Gasteiger partial charge in [-0.25, -0.2) is 9.59 Å². The minimum absolute atomic E-state index is 0.146. The zero-order chi connectivity index (χ0) is 15.5. The van der Waals surface area contributed by atoms with Crippen LogP contribution in [0.3, 0.4) is 0 Å². The first-order valence-corrected chi connectivity index (χ1v) is 6.20. The lowest BCUT2D eigenvalue weighted by atomic mass is 10.1. The van der Waals surface area contributed by atoms with Crippen LogP contribution in [0.2, 0.25) is 5.02 Å². The number of rotatable bonds is 3. The highest BCUT2D eigenvalue weighted by Crippen LogP contribution is 2.27. The van der Waals surface area contributed by atoms with Crippen LogP contribution in [0.4, 0.5) is 10.5 Å². The van der Waals surface area contributed by atoms with Crippen LogP contribution in [0.5, 0.6) is 0 Å². The van der Waals surface area contributed by atoms with Crippen molar-refractivity contribution in [2.45, 2.75) is 26.4 Å². The van der Waals surface area contributed by atoms with Gasteiger partial charge >= 0.3 is 12.1 Å². The number of nitrogens with one attached hydrogen (secondary N) is 1. The highest BCUT2D eigenvalue weighted by molar-refractivity contribution is 6.31. The van der Waals surface area contributed by atoms with E-state index < -0.39 is 17.7 Å². The number of carboxylic acid groups (broad SMARTS) is 1. The van der Waals surface area contributed by atoms with E-state index in [1.54, 1.807) is 20.8 Å². The fraction of sp³-hybridized carbons (Fsp3) is 0.286. The van der Waals surface area contributed by atoms with Gasteiger partial charge in [0.05, 0.1) is 11.3 Å². The molecule has 0 fully saturated rings. The average Bonchev–Trinajstić information content (AvgIpc) is 2.25. The van der Waals surface area contributed by atoms with Crippen molar-refractivity contribution in [1.29, 1.82) is 0 Å². The molecule has 0 radical (unpaired) electrons. The van der Waals surface area contributed by atoms with Gasteiger partial charge in [0.2, 0.25) is 0 Å². The number of benzene rings is 1. The summed E-state index contributed by atoms with van der Waals surface area (Å²) in [5, 5.41) is 11.8. The van der Waals surface area contributed by atoms with E-state index in [0.29, 0.717) is 5.02 Å². The lowest BCUT2D eigenvalue weighted by Crippen LogP contribution is -2.27. The predicted octanol–water partition coefficient (Wildman–Crippen LogP) is 3.78. The van der Waals surface area contributed by atoms with Crippen molar-refractivity contribution >= 4 is 34.9 Å². The lowest BCUT2D eigenvalue weighted by Gasteiger charge is -2.20. The molecule has 1 aromatic carbocycles. The largest absolute Gasteiger partial charge is 0.478 e. The maximum atomic E-state index is 11.7. The molecule has 0 aliphatic carbocycles. The monoisotopic (exact) mass is 297 g/mol. The molecule has 108 valence electrons. The Morgan fingerprint density at radius 3 is 2.45 bits per heavy atom. The molecule has 0 aromatic heterocycles. The van der Waals surface area contributed by atoms with E-state index in [0.717, 1.165) is 0 Å². The summed E-state index contributed by atoms with van der Waals surface area (Å²) in [6.45, 7) is 8.63. The Balaban J connectivity index is 3.05. The number of hydrogen-bond donors (Lipinski definition) is 2. The molecular formula is C14H16ClNO4. The molecule has 20 heavy (non-hydrogen) atoms. The van der Waals surface area contributed by atoms with Crippen LogP contribution >= 0.6 is 11.6 Å². The van der Waals surface area contributed by atoms with Crippen LogP contribution in [-0.4, -0.2) is 22.8 Å². The number of amides is 1. The Bertz CT molecular complexity index is 561. The van der Waals surface area contributed by atoms with Crippen molar-refractivity contribution in [3.8, 4) is 0 Å². The standard InChI is InChI=1S/C14H16ClNO4/c1-8(12(17)18)10-6-5-9(15)7-11(10)16-13(19)20-14(2,3)4/h5-7H,1H2,2-4H3,(H,16,19)(H,17,18). The second kappa shape index (κ2) is 5.96. The first kappa shape index (κ1) is 16.0. The first-order chi connectivity index (χ1) is 9.10. The van der Waals surface area contributed by atoms with Crippen molar-refractivity contribution in [3.63, 3.8) is 0 Å². The SMILES string of the molecule is C=C(C(=O)O)c1ccc(Cl)cc1NC(=O)OC(C)(C)C. The van der Waals surface area contributed by atoms with Crippen molar-refractivity contribution in [1.82, 2.24) is 0 Å². The number of halogens is 1. The maximum absolute atomic E-state index is 11.7. The topological polar surface area (TPSA) is 75.6 Å². The van der Waals surface area contributed by atoms with E-state index in [4.69, 9.17) is 21.4 Å². The van der Waals surface area contributed by atoms with Crippen LogP contribution in [-0.2, 0) is 9.53 Å². The predicted molar refractivity (Wildman–Crippen MR) is 78.0 cm³/mol. The summed E-state index contributed by atoms with van der Waals surface area (Å²) >= 11 is 5.85. The molecule has 1 aromatic rings. The average molecular weight is 298 g/mol. The molecule has 0 aliphatic heterocycles. The van der Waals surface area contributed by atoms with E-state index in [1.165, 1.54) is 18.2 Å². The van der Waals surface area contributed by atoms with Crippen LogP contribution in [0.25, 0.3) is 5.57 Å². The van der Waals surface area contributed by atoms with E-state index in [-0.39, 0.29) is 16.8 Å². The van der Waals surface area contributed by atoms with E-state index in [2.05, 4.69) is 11.9 Å². The fourth-order valence-electron chi connectivity index (χ4n) is 1.41. The minimum Gasteiger partial charge on any atom is -0.478 e. The van der Waals surface area contributed by atoms with Crippen molar-refractivity contribution in [2.75, 3.05) is 5.32 Å². The third-order valence-corrected chi connectivity index (χ3v) is 2.44. The van der Waals surface area contributed by atoms with Gasteiger partial charge in [-0.05, 0) is 32.9 Å². The molecule has 5 nitrogen and oxygen atoms in total. The third-order valence-electron chi connectivity index (χ3n) is 2.20. The molecule has 0 saturated carbocycles. The van der Waals surface area contributed by atoms with Gasteiger partial charge in [0.25, 0.3) is 0 Å². The van der Waals surface area contributed by atoms with Gasteiger partial charge in [0.1, 0.15) is 5.60 Å². The molecule has 0 heterocycles. The summed E-state index contributed by atoms with van der Waals surface area (Å²) in [4.78, 5) is 22.7. The molecular weight excluding hydrogens is 282 g/mol. The Hall–Kier alpha value is -2.01. The second-order valence-electron chi connectivity index (χ2n) is 5.10. The van der Waals surface area contributed by atoms with Crippen molar-refractivity contribution in [2.24, 2.45) is 0 Å². The van der Waals surface area contributed by atoms with Gasteiger partial charge in [-0.1, -0.05) is 24.2 Å². The smallest absolute Gasteiger partial charge is 0.412 e. The number of aliphatic carboxylic acids is 1. The number of hydrogen-bond acceptors (Lipinski definition) is 3. The van der Waals surface area contributed by atoms with Crippen LogP contribution in [0.15, 0.2) is 24.8 Å². The number of ether oxygens (including phenoxy) is 1. The van der Waals surface area contributed by atoms with Gasteiger partial charge in [-0.2, -0.15) is 0 Å². The summed E-state index contributed by atoms with van der Waals surface area (Å²) in [6.07, 6.45) is -0.695. The highest BCUT2D eigenvalue weighted by atomic mass is 35.5. The molecule has 0 saturated heterocycles. The Morgan fingerprint density at radius 2 is 1.95 bits per heavy atom. The lowest BCUT2D eigenvalue weighted by molar-refractivity contribution is -0.130. The quantitative estimate of drug-likeness (QED) is 0.832. The summed E-state index contributed by atoms with van der Waals surface area (Å²) in [6, 6.07) is 4.44. The summed E-state index contributed by atoms with van der Waals surface area (Å²) in [7, 11) is 0. The maximum Gasteiger partial charge on any atom is 0.412 e. The molecule has 1 amide bonds. The summed E-state index contributed by atoms with van der Waals surface area (Å²) in [5.41, 5.74) is -0.299. The number of carbonyl (C=O) groups excluding carboxylic acids is 1. The van der Waals surface area contributed by atoms with Crippen LogP contribution in [0, 0.1) is 0 Å². The molecule has 0 aliphatic rings. The normalized spacial score (nSPS) is 10.8. The van der Waals surface area contributed by atoms with Gasteiger partial charge in [-0.15, -0.1) is 0 Å². The Labute approximate surface area is 122 Å². The van der Waals surface area contributed by atoms with Crippen LogP contribution < -0.4 is 5.32 Å². The molecule has 0 unspecified atom stereocenters. The minimum atomic E-state index is -1.18. The summed E-state index contributed by atoms with van der Waals surface area (Å²) < 4.78 is 5.11. The molecule has 2 N–H and O–H groups in total. The molecule has 0 atom stereocenters. The van der Waals surface area contributed by atoms with E-state index >= 15 is 0 Å². The Kier molecular flexibility index (Phi) is 4.78. The fourth-order valence-corrected chi connectivity index (χ4v) is 1.58. The molecule has 6 heteroatoms. The molecule has 0 bridgehead atoms. The molecule has 0 spiro atoms. The van der Waals surface area contributed by atoms with Gasteiger partial charge in [-0.3, -0.25) is 5.32 Å². The van der Waals surface area contributed by atoms with Gasteiger partial charge < -0.3 is 9.84 Å². The number of carboxylic acids is 1. The van der Waals surface area contributed by atoms with Crippen molar-refractivity contribution in [3.05, 3.63) is 35.4 Å². The van der Waals surface area contributed by atoms with Gasteiger partial charge in [0.15, 0.2) is 0 Å². The molecule has 1 rings (SSSR count). The summed E-state index contributed by atoms with van der Waals surface area (Å²) in [5.74, 6) is -1.18. The van der Waals surface area contributed by atoms with E-state index in [1.807, 2.05) is 0 Å². The van der Waals surface area contributed by atoms with Gasteiger partial charge in [0, 0.05) is 10.6 Å². The Morgan fingerprint density at radius 1 is 1.35 bits per heavy atom. The zero-order valence-corrected chi connectivity index (χ0v) is 12.2. The number of carbonyl (C=O) groups is 2. The zero-order valence-electron chi connectivity index (χ0n) is 11.5. The second-order valence-corrected chi connectivity index (χ2v) is 5.54. The van der Waals surface area contributed by atoms with Crippen LogP contribution in [0.1, 0.15) is 26.3 Å². The van der Waals surface area contributed by atoms with E-state index in [9.17, 15) is 9.59 Å². The third kappa shape index (κ3) is 4.59. The highest BCUT2D eigenvalue weighted by Gasteiger charge is 2.19. The van der Waals surface area contributed by atoms with Crippen molar-refractivity contribution < 1.29 is 19.4 Å². The first-order valence-electron chi connectivity index (χ1n) is 5.82.